The van der Waals surface area contributed by atoms with Gasteiger partial charge in [0.1, 0.15) is 11.3 Å². The number of carboxylic acids is 1. The number of nitrogens with zero attached hydrogens (tertiary/aromatic N) is 1. The van der Waals surface area contributed by atoms with Gasteiger partial charge in [-0.05, 0) is 25.1 Å². The zero-order valence-corrected chi connectivity index (χ0v) is 11.3. The topological polar surface area (TPSA) is 115 Å². The molecule has 0 aliphatic heterocycles. The van der Waals surface area contributed by atoms with Gasteiger partial charge in [0.2, 0.25) is 10.0 Å². The van der Waals surface area contributed by atoms with Crippen LogP contribution in [0.25, 0.3) is 0 Å². The van der Waals surface area contributed by atoms with Crippen LogP contribution >= 0.6 is 0 Å². The number of sulfonamides is 1. The molecule has 1 unspecified atom stereocenters. The van der Waals surface area contributed by atoms with E-state index in [1.165, 1.54) is 14.0 Å². The quantitative estimate of drug-likeness (QED) is 0.707. The molecule has 0 aliphatic rings. The third-order valence-corrected chi connectivity index (χ3v) is 4.25. The Morgan fingerprint density at radius 3 is 2.47 bits per heavy atom. The summed E-state index contributed by atoms with van der Waals surface area (Å²) in [6.07, 6.45) is -0.851. The summed E-state index contributed by atoms with van der Waals surface area (Å²) in [6, 6.07) is 2.99. The monoisotopic (exact) mass is 289 g/mol. The van der Waals surface area contributed by atoms with Crippen LogP contribution in [0, 0.1) is 0 Å². The lowest BCUT2D eigenvalue weighted by molar-refractivity contribution is 0.0693. The molecule has 0 aromatic heterocycles. The van der Waals surface area contributed by atoms with Gasteiger partial charge in [0.05, 0.1) is 11.0 Å². The van der Waals surface area contributed by atoms with E-state index in [1.54, 1.807) is 0 Å². The summed E-state index contributed by atoms with van der Waals surface area (Å²) in [6.45, 7) is 1.32. The molecule has 1 aromatic rings. The van der Waals surface area contributed by atoms with Crippen LogP contribution in [-0.2, 0) is 10.0 Å². The highest BCUT2D eigenvalue weighted by molar-refractivity contribution is 7.89. The molecule has 1 atom stereocenters. The van der Waals surface area contributed by atoms with E-state index in [2.05, 4.69) is 0 Å². The predicted molar refractivity (Wildman–Crippen MR) is 66.6 cm³/mol. The maximum atomic E-state index is 12.1. The first kappa shape index (κ1) is 15.4. The Balaban J connectivity index is 3.22. The van der Waals surface area contributed by atoms with Gasteiger partial charge in [-0.25, -0.2) is 13.2 Å². The zero-order chi connectivity index (χ0) is 14.8. The molecule has 0 spiro atoms. The average molecular weight is 289 g/mol. The molecular formula is C11H15NO6S. The van der Waals surface area contributed by atoms with Gasteiger partial charge in [-0.3, -0.25) is 0 Å². The van der Waals surface area contributed by atoms with Gasteiger partial charge in [0.15, 0.2) is 0 Å². The summed E-state index contributed by atoms with van der Waals surface area (Å²) in [4.78, 5) is 10.6. The SMILES string of the molecule is CC(O)CN(C)S(=O)(=O)c1ccc(O)c(C(=O)O)c1. The van der Waals surface area contributed by atoms with E-state index >= 15 is 0 Å². The van der Waals surface area contributed by atoms with Crippen LogP contribution in [0.1, 0.15) is 17.3 Å². The van der Waals surface area contributed by atoms with Gasteiger partial charge in [0, 0.05) is 13.6 Å². The van der Waals surface area contributed by atoms with Gasteiger partial charge in [-0.15, -0.1) is 0 Å². The van der Waals surface area contributed by atoms with Crippen LogP contribution in [0.3, 0.4) is 0 Å². The van der Waals surface area contributed by atoms with Crippen molar-refractivity contribution in [3.8, 4) is 5.75 Å². The molecule has 1 rings (SSSR count). The molecule has 0 aliphatic carbocycles. The molecule has 0 heterocycles. The zero-order valence-electron chi connectivity index (χ0n) is 10.4. The molecule has 1 aromatic carbocycles. The van der Waals surface area contributed by atoms with E-state index in [0.29, 0.717) is 0 Å². The number of hydrogen-bond donors (Lipinski definition) is 3. The number of phenols is 1. The second kappa shape index (κ2) is 5.55. The van der Waals surface area contributed by atoms with Crippen LogP contribution < -0.4 is 0 Å². The second-order valence-corrected chi connectivity index (χ2v) is 6.16. The van der Waals surface area contributed by atoms with Crippen molar-refractivity contribution in [1.29, 1.82) is 0 Å². The first-order chi connectivity index (χ1) is 8.66. The smallest absolute Gasteiger partial charge is 0.339 e. The minimum Gasteiger partial charge on any atom is -0.507 e. The molecule has 19 heavy (non-hydrogen) atoms. The molecule has 3 N–H and O–H groups in total. The van der Waals surface area contributed by atoms with Crippen LogP contribution in [0.5, 0.6) is 5.75 Å². The molecule has 8 heteroatoms. The molecule has 7 nitrogen and oxygen atoms in total. The molecule has 0 fully saturated rings. The first-order valence-corrected chi connectivity index (χ1v) is 6.81. The van der Waals surface area contributed by atoms with E-state index in [1.807, 2.05) is 0 Å². The number of likely N-dealkylation sites (N-methyl/N-ethyl adjacent to an activating group) is 1. The van der Waals surface area contributed by atoms with E-state index in [-0.39, 0.29) is 11.4 Å². The van der Waals surface area contributed by atoms with E-state index in [4.69, 9.17) is 5.11 Å². The molecule has 0 saturated heterocycles. The van der Waals surface area contributed by atoms with Crippen LogP contribution in [0.15, 0.2) is 23.1 Å². The number of rotatable bonds is 5. The van der Waals surface area contributed by atoms with Crippen molar-refractivity contribution in [3.05, 3.63) is 23.8 Å². The largest absolute Gasteiger partial charge is 0.507 e. The Bertz CT molecular complexity index is 581. The minimum absolute atomic E-state index is 0.119. The Morgan fingerprint density at radius 1 is 1.42 bits per heavy atom. The minimum atomic E-state index is -3.91. The average Bonchev–Trinajstić information content (AvgIpc) is 2.27. The highest BCUT2D eigenvalue weighted by atomic mass is 32.2. The first-order valence-electron chi connectivity index (χ1n) is 5.37. The Labute approximate surface area is 110 Å². The molecule has 106 valence electrons. The van der Waals surface area contributed by atoms with E-state index < -0.39 is 33.4 Å². The normalized spacial score (nSPS) is 13.5. The second-order valence-electron chi connectivity index (χ2n) is 4.12. The van der Waals surface area contributed by atoms with Crippen molar-refractivity contribution in [2.45, 2.75) is 17.9 Å². The van der Waals surface area contributed by atoms with Crippen LogP contribution in [0.2, 0.25) is 0 Å². The fraction of sp³-hybridized carbons (Fsp3) is 0.364. The van der Waals surface area contributed by atoms with E-state index in [9.17, 15) is 23.4 Å². The fourth-order valence-electron chi connectivity index (χ4n) is 1.50. The molecule has 0 saturated carbocycles. The summed E-state index contributed by atoms with van der Waals surface area (Å²) in [5.41, 5.74) is -0.494. The van der Waals surface area contributed by atoms with Gasteiger partial charge in [0.25, 0.3) is 0 Å². The van der Waals surface area contributed by atoms with Crippen LogP contribution in [0.4, 0.5) is 0 Å². The van der Waals surface area contributed by atoms with Gasteiger partial charge >= 0.3 is 5.97 Å². The number of aliphatic hydroxyl groups is 1. The lowest BCUT2D eigenvalue weighted by Crippen LogP contribution is -2.33. The van der Waals surface area contributed by atoms with Crippen molar-refractivity contribution in [3.63, 3.8) is 0 Å². The third-order valence-electron chi connectivity index (χ3n) is 2.43. The summed E-state index contributed by atoms with van der Waals surface area (Å²) in [5, 5.41) is 27.3. The third kappa shape index (κ3) is 3.43. The summed E-state index contributed by atoms with van der Waals surface area (Å²) >= 11 is 0. The number of hydrogen-bond acceptors (Lipinski definition) is 5. The Kier molecular flexibility index (Phi) is 4.51. The Hall–Kier alpha value is -1.64. The Morgan fingerprint density at radius 2 is 2.00 bits per heavy atom. The number of carboxylic acid groups (broad SMARTS) is 1. The van der Waals surface area contributed by atoms with Gasteiger partial charge in [-0.2, -0.15) is 4.31 Å². The lowest BCUT2D eigenvalue weighted by Gasteiger charge is -2.18. The van der Waals surface area contributed by atoms with Crippen molar-refractivity contribution in [2.24, 2.45) is 0 Å². The van der Waals surface area contributed by atoms with Gasteiger partial charge in [-0.1, -0.05) is 0 Å². The summed E-state index contributed by atoms with van der Waals surface area (Å²) in [5.74, 6) is -1.93. The standard InChI is InChI=1S/C11H15NO6S/c1-7(13)6-12(2)19(17,18)8-3-4-10(14)9(5-8)11(15)16/h3-5,7,13-14H,6H2,1-2H3,(H,15,16). The van der Waals surface area contributed by atoms with Gasteiger partial charge < -0.3 is 15.3 Å². The maximum Gasteiger partial charge on any atom is 0.339 e. The van der Waals surface area contributed by atoms with Crippen molar-refractivity contribution >= 4 is 16.0 Å². The van der Waals surface area contributed by atoms with Crippen molar-refractivity contribution in [2.75, 3.05) is 13.6 Å². The fourth-order valence-corrected chi connectivity index (χ4v) is 2.78. The van der Waals surface area contributed by atoms with Crippen LogP contribution in [-0.4, -0.2) is 53.7 Å². The molecule has 0 bridgehead atoms. The number of aromatic carboxylic acids is 1. The summed E-state index contributed by atoms with van der Waals surface area (Å²) in [7, 11) is -2.63. The predicted octanol–water partition coefficient (Wildman–Crippen LogP) is 0.0917. The lowest BCUT2D eigenvalue weighted by atomic mass is 10.2. The summed E-state index contributed by atoms with van der Waals surface area (Å²) < 4.78 is 25.1. The molecular weight excluding hydrogens is 274 g/mol. The number of carbonyl (C=O) groups is 1. The van der Waals surface area contributed by atoms with Crippen molar-refractivity contribution < 1.29 is 28.5 Å². The number of aromatic hydroxyl groups is 1. The maximum absolute atomic E-state index is 12.1. The number of aliphatic hydroxyl groups excluding tert-OH is 1. The highest BCUT2D eigenvalue weighted by Crippen LogP contribution is 2.23. The highest BCUT2D eigenvalue weighted by Gasteiger charge is 2.24. The molecule has 0 amide bonds. The van der Waals surface area contributed by atoms with E-state index in [0.717, 1.165) is 22.5 Å². The van der Waals surface area contributed by atoms with Crippen molar-refractivity contribution in [1.82, 2.24) is 4.31 Å². The molecule has 0 radical (unpaired) electrons. The number of benzene rings is 1.